The molecule has 0 fully saturated rings. The lowest BCUT2D eigenvalue weighted by Gasteiger charge is -2.10. The van der Waals surface area contributed by atoms with Gasteiger partial charge >= 0.3 is 0 Å². The zero-order valence-corrected chi connectivity index (χ0v) is 11.3. The van der Waals surface area contributed by atoms with Crippen molar-refractivity contribution in [2.45, 2.75) is 20.8 Å². The molecular weight excluding hydrogens is 238 g/mol. The van der Waals surface area contributed by atoms with Crippen molar-refractivity contribution in [3.63, 3.8) is 0 Å². The molecule has 0 aliphatic carbocycles. The van der Waals surface area contributed by atoms with Gasteiger partial charge in [-0.2, -0.15) is 0 Å². The number of nitrogens with one attached hydrogen (secondary N) is 1. The second-order valence-electron chi connectivity index (χ2n) is 4.77. The number of carbonyl (C=O) groups excluding carboxylic acids is 1. The third-order valence-electron chi connectivity index (χ3n) is 3.09. The number of rotatable bonds is 2. The lowest BCUT2D eigenvalue weighted by Crippen LogP contribution is -2.12. The molecule has 0 spiro atoms. The molecule has 2 aromatic rings. The zero-order chi connectivity index (χ0) is 14.0. The summed E-state index contributed by atoms with van der Waals surface area (Å²) in [6.45, 7) is 5.75. The fourth-order valence-corrected chi connectivity index (χ4v) is 1.95. The van der Waals surface area contributed by atoms with Crippen LogP contribution in [0.1, 0.15) is 27.0 Å². The summed E-state index contributed by atoms with van der Waals surface area (Å²) in [5.41, 5.74) is 4.23. The van der Waals surface area contributed by atoms with E-state index in [9.17, 15) is 9.90 Å². The Bertz CT molecular complexity index is 633. The molecule has 0 heterocycles. The molecule has 98 valence electrons. The first-order valence-corrected chi connectivity index (χ1v) is 6.15. The van der Waals surface area contributed by atoms with Gasteiger partial charge in [-0.15, -0.1) is 0 Å². The fraction of sp³-hybridized carbons (Fsp3) is 0.188. The minimum atomic E-state index is -0.171. The van der Waals surface area contributed by atoms with Gasteiger partial charge in [0.25, 0.3) is 5.91 Å². The first-order chi connectivity index (χ1) is 8.97. The predicted molar refractivity (Wildman–Crippen MR) is 76.7 cm³/mol. The number of phenolic OH excluding ortho intramolecular Hbond substituents is 1. The van der Waals surface area contributed by atoms with Crippen LogP contribution in [-0.2, 0) is 0 Å². The maximum Gasteiger partial charge on any atom is 0.255 e. The van der Waals surface area contributed by atoms with Crippen molar-refractivity contribution in [2.75, 3.05) is 5.32 Å². The lowest BCUT2D eigenvalue weighted by molar-refractivity contribution is 0.102. The van der Waals surface area contributed by atoms with E-state index in [1.165, 1.54) is 6.07 Å². The number of phenols is 1. The number of benzene rings is 2. The summed E-state index contributed by atoms with van der Waals surface area (Å²) in [7, 11) is 0. The van der Waals surface area contributed by atoms with Crippen LogP contribution in [0.4, 0.5) is 5.69 Å². The number of anilines is 1. The molecule has 0 atom stereocenters. The first-order valence-electron chi connectivity index (χ1n) is 6.15. The second kappa shape index (κ2) is 5.14. The summed E-state index contributed by atoms with van der Waals surface area (Å²) in [6, 6.07) is 10.7. The molecular formula is C16H17NO2. The van der Waals surface area contributed by atoms with Crippen LogP contribution in [0, 0.1) is 20.8 Å². The van der Waals surface area contributed by atoms with Crippen molar-refractivity contribution in [2.24, 2.45) is 0 Å². The average molecular weight is 255 g/mol. The van der Waals surface area contributed by atoms with Crippen LogP contribution in [0.25, 0.3) is 0 Å². The molecule has 0 radical (unpaired) electrons. The van der Waals surface area contributed by atoms with Crippen LogP contribution in [-0.4, -0.2) is 11.0 Å². The van der Waals surface area contributed by atoms with Crippen molar-refractivity contribution >= 4 is 11.6 Å². The smallest absolute Gasteiger partial charge is 0.255 e. The Hall–Kier alpha value is -2.29. The van der Waals surface area contributed by atoms with Crippen molar-refractivity contribution in [3.8, 4) is 5.75 Å². The van der Waals surface area contributed by atoms with E-state index in [-0.39, 0.29) is 11.7 Å². The molecule has 2 aromatic carbocycles. The highest BCUT2D eigenvalue weighted by molar-refractivity contribution is 6.04. The van der Waals surface area contributed by atoms with Crippen LogP contribution in [0.3, 0.4) is 0 Å². The molecule has 0 saturated carbocycles. The van der Waals surface area contributed by atoms with Gasteiger partial charge in [-0.1, -0.05) is 17.7 Å². The topological polar surface area (TPSA) is 49.3 Å². The van der Waals surface area contributed by atoms with Crippen molar-refractivity contribution in [1.82, 2.24) is 0 Å². The van der Waals surface area contributed by atoms with Crippen molar-refractivity contribution in [3.05, 3.63) is 58.7 Å². The molecule has 1 amide bonds. The Morgan fingerprint density at radius 2 is 1.74 bits per heavy atom. The summed E-state index contributed by atoms with van der Waals surface area (Å²) in [6.07, 6.45) is 0. The highest BCUT2D eigenvalue weighted by Gasteiger charge is 2.09. The summed E-state index contributed by atoms with van der Waals surface area (Å²) in [4.78, 5) is 12.1. The number of amides is 1. The summed E-state index contributed by atoms with van der Waals surface area (Å²) in [5.74, 6) is 0.0260. The zero-order valence-electron chi connectivity index (χ0n) is 11.3. The maximum atomic E-state index is 12.1. The van der Waals surface area contributed by atoms with Crippen LogP contribution < -0.4 is 5.32 Å². The Labute approximate surface area is 112 Å². The number of hydrogen-bond acceptors (Lipinski definition) is 2. The molecule has 0 aromatic heterocycles. The molecule has 0 saturated heterocycles. The van der Waals surface area contributed by atoms with Crippen molar-refractivity contribution < 1.29 is 9.90 Å². The van der Waals surface area contributed by atoms with Gasteiger partial charge in [0.05, 0.1) is 0 Å². The number of carbonyl (C=O) groups is 1. The second-order valence-corrected chi connectivity index (χ2v) is 4.77. The molecule has 3 nitrogen and oxygen atoms in total. The van der Waals surface area contributed by atoms with E-state index in [2.05, 4.69) is 5.32 Å². The highest BCUT2D eigenvalue weighted by Crippen LogP contribution is 2.20. The van der Waals surface area contributed by atoms with E-state index in [1.54, 1.807) is 19.1 Å². The van der Waals surface area contributed by atoms with Gasteiger partial charge in [-0.3, -0.25) is 4.79 Å². The fourth-order valence-electron chi connectivity index (χ4n) is 1.95. The van der Waals surface area contributed by atoms with Crippen LogP contribution >= 0.6 is 0 Å². The number of aryl methyl sites for hydroxylation is 3. The van der Waals surface area contributed by atoms with Gasteiger partial charge in [-0.05, 0) is 56.2 Å². The third-order valence-corrected chi connectivity index (χ3v) is 3.09. The molecule has 0 unspecified atom stereocenters. The Morgan fingerprint density at radius 1 is 1.00 bits per heavy atom. The molecule has 19 heavy (non-hydrogen) atoms. The summed E-state index contributed by atoms with van der Waals surface area (Å²) < 4.78 is 0. The lowest BCUT2D eigenvalue weighted by atomic mass is 10.1. The summed E-state index contributed by atoms with van der Waals surface area (Å²) in [5, 5.41) is 12.3. The molecule has 0 aliphatic rings. The Morgan fingerprint density at radius 3 is 2.37 bits per heavy atom. The number of aromatic hydroxyl groups is 1. The summed E-state index contributed by atoms with van der Waals surface area (Å²) >= 11 is 0. The molecule has 0 bridgehead atoms. The van der Waals surface area contributed by atoms with E-state index >= 15 is 0 Å². The van der Waals surface area contributed by atoms with E-state index in [0.717, 1.165) is 16.8 Å². The van der Waals surface area contributed by atoms with Crippen molar-refractivity contribution in [1.29, 1.82) is 0 Å². The highest BCUT2D eigenvalue weighted by atomic mass is 16.3. The van der Waals surface area contributed by atoms with Gasteiger partial charge in [0.15, 0.2) is 0 Å². The van der Waals surface area contributed by atoms with Gasteiger partial charge in [0, 0.05) is 11.3 Å². The van der Waals surface area contributed by atoms with E-state index < -0.39 is 0 Å². The first kappa shape index (κ1) is 13.1. The Balaban J connectivity index is 2.23. The van der Waals surface area contributed by atoms with Gasteiger partial charge in [0.1, 0.15) is 5.75 Å². The average Bonchev–Trinajstić information content (AvgIpc) is 2.36. The van der Waals surface area contributed by atoms with Crippen LogP contribution in [0.15, 0.2) is 36.4 Å². The molecule has 2 N–H and O–H groups in total. The quantitative estimate of drug-likeness (QED) is 0.861. The van der Waals surface area contributed by atoms with Crippen LogP contribution in [0.2, 0.25) is 0 Å². The van der Waals surface area contributed by atoms with Gasteiger partial charge in [0.2, 0.25) is 0 Å². The standard InChI is InChI=1S/C16H17NO2/c1-10-4-6-14(11(2)8-10)17-16(19)13-5-7-15(18)12(3)9-13/h4-9,18H,1-3H3,(H,17,19). The largest absolute Gasteiger partial charge is 0.508 e. The maximum absolute atomic E-state index is 12.1. The SMILES string of the molecule is Cc1ccc(NC(=O)c2ccc(O)c(C)c2)c(C)c1. The van der Waals surface area contributed by atoms with E-state index in [0.29, 0.717) is 11.1 Å². The monoisotopic (exact) mass is 255 g/mol. The Kier molecular flexibility index (Phi) is 3.56. The predicted octanol–water partition coefficient (Wildman–Crippen LogP) is 3.57. The van der Waals surface area contributed by atoms with Gasteiger partial charge in [-0.25, -0.2) is 0 Å². The third kappa shape index (κ3) is 2.94. The molecule has 0 aliphatic heterocycles. The van der Waals surface area contributed by atoms with E-state index in [1.807, 2.05) is 32.0 Å². The minimum Gasteiger partial charge on any atom is -0.508 e. The van der Waals surface area contributed by atoms with E-state index in [4.69, 9.17) is 0 Å². The van der Waals surface area contributed by atoms with Gasteiger partial charge < -0.3 is 10.4 Å². The minimum absolute atomic E-state index is 0.171. The molecule has 2 rings (SSSR count). The number of hydrogen-bond donors (Lipinski definition) is 2. The normalized spacial score (nSPS) is 10.3. The molecule has 3 heteroatoms. The van der Waals surface area contributed by atoms with Crippen LogP contribution in [0.5, 0.6) is 5.75 Å².